The fraction of sp³-hybridized carbons (Fsp3) is 0.733. The molecule has 0 spiro atoms. The zero-order chi connectivity index (χ0) is 12.5. The molecule has 2 aliphatic rings. The summed E-state index contributed by atoms with van der Waals surface area (Å²) in [4.78, 5) is 11.7. The molecule has 1 aromatic rings. The zero-order valence-electron chi connectivity index (χ0n) is 11.5. The van der Waals surface area contributed by atoms with Gasteiger partial charge in [-0.1, -0.05) is 20.3 Å². The smallest absolute Gasteiger partial charge is 0.225 e. The van der Waals surface area contributed by atoms with E-state index in [1.54, 1.807) is 0 Å². The van der Waals surface area contributed by atoms with Gasteiger partial charge in [0.25, 0.3) is 0 Å². The van der Waals surface area contributed by atoms with Crippen molar-refractivity contribution >= 4 is 5.95 Å². The SMILES string of the molecule is CCCc1cnc(N2C3CCC2CC(C)C3)nc1. The fourth-order valence-corrected chi connectivity index (χ4v) is 3.67. The topological polar surface area (TPSA) is 29.0 Å². The molecule has 3 heteroatoms. The van der Waals surface area contributed by atoms with Crippen LogP contribution in [0.15, 0.2) is 12.4 Å². The predicted octanol–water partition coefficient (Wildman–Crippen LogP) is 3.20. The lowest BCUT2D eigenvalue weighted by Crippen LogP contribution is -2.43. The molecule has 2 fully saturated rings. The zero-order valence-corrected chi connectivity index (χ0v) is 11.5. The average molecular weight is 245 g/mol. The Kier molecular flexibility index (Phi) is 3.23. The lowest BCUT2D eigenvalue weighted by molar-refractivity contribution is 0.359. The van der Waals surface area contributed by atoms with Crippen LogP contribution in [0.25, 0.3) is 0 Å². The number of aromatic nitrogens is 2. The summed E-state index contributed by atoms with van der Waals surface area (Å²) in [5.74, 6) is 1.84. The van der Waals surface area contributed by atoms with Crippen molar-refractivity contribution in [2.75, 3.05) is 4.90 Å². The largest absolute Gasteiger partial charge is 0.335 e. The molecule has 0 aliphatic carbocycles. The van der Waals surface area contributed by atoms with E-state index >= 15 is 0 Å². The first-order chi connectivity index (χ1) is 8.78. The fourth-order valence-electron chi connectivity index (χ4n) is 3.67. The Hall–Kier alpha value is -1.12. The van der Waals surface area contributed by atoms with Gasteiger partial charge in [-0.25, -0.2) is 9.97 Å². The highest BCUT2D eigenvalue weighted by Crippen LogP contribution is 2.39. The number of anilines is 1. The maximum atomic E-state index is 4.60. The molecule has 0 aromatic carbocycles. The van der Waals surface area contributed by atoms with Crippen molar-refractivity contribution in [3.8, 4) is 0 Å². The molecule has 3 rings (SSSR count). The molecule has 2 saturated heterocycles. The molecule has 0 N–H and O–H groups in total. The normalized spacial score (nSPS) is 30.8. The van der Waals surface area contributed by atoms with Gasteiger partial charge in [0.1, 0.15) is 0 Å². The van der Waals surface area contributed by atoms with Crippen molar-refractivity contribution in [1.82, 2.24) is 9.97 Å². The molecular formula is C15H23N3. The van der Waals surface area contributed by atoms with Gasteiger partial charge in [-0.2, -0.15) is 0 Å². The van der Waals surface area contributed by atoms with E-state index in [0.29, 0.717) is 12.1 Å². The van der Waals surface area contributed by atoms with Crippen LogP contribution in [0.3, 0.4) is 0 Å². The van der Waals surface area contributed by atoms with Gasteiger partial charge in [0.15, 0.2) is 0 Å². The molecule has 0 saturated carbocycles. The molecule has 3 heterocycles. The average Bonchev–Trinajstić information content (AvgIpc) is 2.64. The number of hydrogen-bond donors (Lipinski definition) is 0. The Morgan fingerprint density at radius 3 is 2.33 bits per heavy atom. The lowest BCUT2D eigenvalue weighted by Gasteiger charge is -2.37. The molecule has 2 unspecified atom stereocenters. The summed E-state index contributed by atoms with van der Waals surface area (Å²) >= 11 is 0. The van der Waals surface area contributed by atoms with Gasteiger partial charge in [-0.3, -0.25) is 0 Å². The van der Waals surface area contributed by atoms with Crippen LogP contribution in [0.2, 0.25) is 0 Å². The molecular weight excluding hydrogens is 222 g/mol. The monoisotopic (exact) mass is 245 g/mol. The molecule has 0 radical (unpaired) electrons. The molecule has 1 aromatic heterocycles. The minimum absolute atomic E-state index is 0.691. The second-order valence-electron chi connectivity index (χ2n) is 6.01. The molecule has 3 nitrogen and oxygen atoms in total. The summed E-state index contributed by atoms with van der Waals surface area (Å²) in [6, 6.07) is 1.38. The van der Waals surface area contributed by atoms with Crippen molar-refractivity contribution < 1.29 is 0 Å². The highest BCUT2D eigenvalue weighted by atomic mass is 15.3. The molecule has 18 heavy (non-hydrogen) atoms. The summed E-state index contributed by atoms with van der Waals surface area (Å²) < 4.78 is 0. The van der Waals surface area contributed by atoms with E-state index in [4.69, 9.17) is 0 Å². The van der Waals surface area contributed by atoms with Gasteiger partial charge in [0, 0.05) is 24.5 Å². The standard InChI is InChI=1S/C15H23N3/c1-3-4-12-9-16-15(17-10-12)18-13-5-6-14(18)8-11(2)7-13/h9-11,13-14H,3-8H2,1-2H3. The van der Waals surface area contributed by atoms with Gasteiger partial charge in [0.2, 0.25) is 5.95 Å². The lowest BCUT2D eigenvalue weighted by atomic mass is 9.93. The summed E-state index contributed by atoms with van der Waals surface area (Å²) in [7, 11) is 0. The Labute approximate surface area is 110 Å². The third-order valence-electron chi connectivity index (χ3n) is 4.43. The van der Waals surface area contributed by atoms with Gasteiger partial charge >= 0.3 is 0 Å². The summed E-state index contributed by atoms with van der Waals surface area (Å²) in [6.45, 7) is 4.58. The first-order valence-electron chi connectivity index (χ1n) is 7.37. The molecule has 2 atom stereocenters. The Morgan fingerprint density at radius 1 is 1.17 bits per heavy atom. The van der Waals surface area contributed by atoms with E-state index in [0.717, 1.165) is 24.7 Å². The van der Waals surface area contributed by atoms with E-state index in [9.17, 15) is 0 Å². The van der Waals surface area contributed by atoms with Gasteiger partial charge < -0.3 is 4.90 Å². The van der Waals surface area contributed by atoms with Crippen LogP contribution in [0.1, 0.15) is 51.5 Å². The Balaban J connectivity index is 1.78. The van der Waals surface area contributed by atoms with Crippen LogP contribution >= 0.6 is 0 Å². The number of nitrogens with zero attached hydrogens (tertiary/aromatic N) is 3. The third-order valence-corrected chi connectivity index (χ3v) is 4.43. The summed E-state index contributed by atoms with van der Waals surface area (Å²) in [6.07, 6.45) is 11.6. The quantitative estimate of drug-likeness (QED) is 0.819. The summed E-state index contributed by atoms with van der Waals surface area (Å²) in [5.41, 5.74) is 1.26. The first-order valence-corrected chi connectivity index (χ1v) is 7.37. The second kappa shape index (κ2) is 4.87. The first kappa shape index (κ1) is 11.9. The third kappa shape index (κ3) is 2.11. The highest BCUT2D eigenvalue weighted by Gasteiger charge is 2.40. The van der Waals surface area contributed by atoms with E-state index in [1.165, 1.54) is 31.2 Å². The van der Waals surface area contributed by atoms with E-state index in [1.807, 2.05) is 12.4 Å². The van der Waals surface area contributed by atoms with E-state index in [-0.39, 0.29) is 0 Å². The minimum Gasteiger partial charge on any atom is -0.335 e. The van der Waals surface area contributed by atoms with E-state index in [2.05, 4.69) is 28.7 Å². The second-order valence-corrected chi connectivity index (χ2v) is 6.01. The van der Waals surface area contributed by atoms with E-state index < -0.39 is 0 Å². The number of fused-ring (bicyclic) bond motifs is 2. The Morgan fingerprint density at radius 2 is 1.78 bits per heavy atom. The highest BCUT2D eigenvalue weighted by molar-refractivity contribution is 5.37. The van der Waals surface area contributed by atoms with Gasteiger partial charge in [0.05, 0.1) is 0 Å². The maximum Gasteiger partial charge on any atom is 0.225 e. The number of piperidine rings is 1. The van der Waals surface area contributed by atoms with Crippen molar-refractivity contribution in [2.24, 2.45) is 5.92 Å². The molecule has 2 aliphatic heterocycles. The maximum absolute atomic E-state index is 4.60. The van der Waals surface area contributed by atoms with Crippen LogP contribution in [0, 0.1) is 5.92 Å². The number of rotatable bonds is 3. The molecule has 98 valence electrons. The van der Waals surface area contributed by atoms with Gasteiger partial charge in [-0.15, -0.1) is 0 Å². The summed E-state index contributed by atoms with van der Waals surface area (Å²) in [5, 5.41) is 0. The van der Waals surface area contributed by atoms with Crippen LogP contribution in [-0.4, -0.2) is 22.1 Å². The Bertz CT molecular complexity index is 387. The van der Waals surface area contributed by atoms with Gasteiger partial charge in [-0.05, 0) is 43.6 Å². The van der Waals surface area contributed by atoms with Crippen LogP contribution < -0.4 is 4.90 Å². The van der Waals surface area contributed by atoms with Crippen LogP contribution in [-0.2, 0) is 6.42 Å². The van der Waals surface area contributed by atoms with Crippen LogP contribution in [0.5, 0.6) is 0 Å². The van der Waals surface area contributed by atoms with Crippen molar-refractivity contribution in [2.45, 2.75) is 64.5 Å². The predicted molar refractivity (Wildman–Crippen MR) is 73.7 cm³/mol. The van der Waals surface area contributed by atoms with Crippen LogP contribution in [0.4, 0.5) is 5.95 Å². The number of hydrogen-bond acceptors (Lipinski definition) is 3. The molecule has 2 bridgehead atoms. The number of aryl methyl sites for hydroxylation is 1. The minimum atomic E-state index is 0.691. The van der Waals surface area contributed by atoms with Crippen molar-refractivity contribution in [1.29, 1.82) is 0 Å². The van der Waals surface area contributed by atoms with Crippen molar-refractivity contribution in [3.63, 3.8) is 0 Å². The molecule has 0 amide bonds. The van der Waals surface area contributed by atoms with Crippen molar-refractivity contribution in [3.05, 3.63) is 18.0 Å².